The zero-order valence-electron chi connectivity index (χ0n) is 14.5. The molecule has 2 amide bonds. The van der Waals surface area contributed by atoms with Crippen LogP contribution in [0.1, 0.15) is 33.6 Å². The minimum atomic E-state index is -1.36. The van der Waals surface area contributed by atoms with Crippen LogP contribution in [0, 0.1) is 0 Å². The molecule has 0 aromatic rings. The van der Waals surface area contributed by atoms with E-state index in [0.717, 1.165) is 0 Å². The summed E-state index contributed by atoms with van der Waals surface area (Å²) in [4.78, 5) is 45.7. The average molecular weight is 356 g/mol. The van der Waals surface area contributed by atoms with Gasteiger partial charge >= 0.3 is 18.0 Å². The summed E-state index contributed by atoms with van der Waals surface area (Å²) in [5, 5.41) is 22.5. The van der Waals surface area contributed by atoms with Crippen LogP contribution in [0.3, 0.4) is 0 Å². The topological polar surface area (TPSA) is 142 Å². The third-order valence-corrected chi connectivity index (χ3v) is 2.83. The molecule has 0 heterocycles. The molecule has 140 valence electrons. The second kappa shape index (κ2) is 9.45. The van der Waals surface area contributed by atoms with E-state index in [1.807, 2.05) is 0 Å². The van der Waals surface area contributed by atoms with Crippen LogP contribution in [0.5, 0.6) is 0 Å². The van der Waals surface area contributed by atoms with Crippen LogP contribution >= 0.6 is 0 Å². The van der Waals surface area contributed by atoms with Crippen LogP contribution in [-0.4, -0.2) is 51.8 Å². The monoisotopic (exact) mass is 356 g/mol. The fraction of sp³-hybridized carbons (Fsp3) is 0.500. The van der Waals surface area contributed by atoms with Gasteiger partial charge in [-0.2, -0.15) is 0 Å². The van der Waals surface area contributed by atoms with E-state index in [0.29, 0.717) is 0 Å². The highest BCUT2D eigenvalue weighted by atomic mass is 16.6. The molecule has 0 fully saturated rings. The largest absolute Gasteiger partial charge is 0.480 e. The second-order valence-electron chi connectivity index (χ2n) is 6.19. The fourth-order valence-electron chi connectivity index (χ4n) is 1.65. The molecule has 0 aromatic carbocycles. The van der Waals surface area contributed by atoms with Crippen molar-refractivity contribution < 1.29 is 34.1 Å². The molecule has 4 N–H and O–H groups in total. The molecule has 0 spiro atoms. The quantitative estimate of drug-likeness (QED) is 0.452. The van der Waals surface area contributed by atoms with Crippen LogP contribution in [0.25, 0.3) is 0 Å². The lowest BCUT2D eigenvalue weighted by Gasteiger charge is -2.22. The van der Waals surface area contributed by atoms with E-state index in [9.17, 15) is 19.2 Å². The number of ether oxygens (including phenoxy) is 1. The van der Waals surface area contributed by atoms with Crippen molar-refractivity contribution in [1.29, 1.82) is 0 Å². The number of carboxylic acids is 2. The van der Waals surface area contributed by atoms with Gasteiger partial charge in [0.15, 0.2) is 6.04 Å². The number of hydrogen-bond donors (Lipinski definition) is 4. The number of carboxylic acid groups (broad SMARTS) is 2. The Labute approximate surface area is 145 Å². The van der Waals surface area contributed by atoms with Crippen molar-refractivity contribution in [3.05, 3.63) is 24.8 Å². The first-order valence-electron chi connectivity index (χ1n) is 7.43. The molecule has 0 aliphatic rings. The molecule has 0 saturated heterocycles. The Morgan fingerprint density at radius 3 is 2.08 bits per heavy atom. The predicted molar refractivity (Wildman–Crippen MR) is 88.9 cm³/mol. The molecule has 0 unspecified atom stereocenters. The first-order chi connectivity index (χ1) is 11.4. The lowest BCUT2D eigenvalue weighted by Crippen LogP contribution is -2.45. The van der Waals surface area contributed by atoms with Gasteiger partial charge in [0.1, 0.15) is 11.6 Å². The molecule has 0 radical (unpaired) electrons. The molecule has 0 aliphatic carbocycles. The maximum atomic E-state index is 11.8. The summed E-state index contributed by atoms with van der Waals surface area (Å²) in [7, 11) is 0. The predicted octanol–water partition coefficient (Wildman–Crippen LogP) is 1.06. The van der Waals surface area contributed by atoms with Crippen LogP contribution in [0.2, 0.25) is 0 Å². The summed E-state index contributed by atoms with van der Waals surface area (Å²) in [6, 6.07) is -2.71. The van der Waals surface area contributed by atoms with Gasteiger partial charge in [-0.25, -0.2) is 14.4 Å². The molecule has 9 heteroatoms. The maximum Gasteiger partial charge on any atom is 0.408 e. The van der Waals surface area contributed by atoms with Gasteiger partial charge < -0.3 is 25.6 Å². The van der Waals surface area contributed by atoms with E-state index in [-0.39, 0.29) is 18.4 Å². The van der Waals surface area contributed by atoms with Gasteiger partial charge in [0, 0.05) is 6.42 Å². The van der Waals surface area contributed by atoms with Crippen molar-refractivity contribution in [1.82, 2.24) is 10.6 Å². The summed E-state index contributed by atoms with van der Waals surface area (Å²) in [5.74, 6) is -3.36. The fourth-order valence-corrected chi connectivity index (χ4v) is 1.65. The summed E-state index contributed by atoms with van der Waals surface area (Å²) >= 11 is 0. The van der Waals surface area contributed by atoms with Crippen molar-refractivity contribution in [3.8, 4) is 0 Å². The lowest BCUT2D eigenvalue weighted by atomic mass is 10.1. The Morgan fingerprint density at radius 1 is 1.12 bits per heavy atom. The molecular weight excluding hydrogens is 332 g/mol. The second-order valence-corrected chi connectivity index (χ2v) is 6.19. The van der Waals surface area contributed by atoms with E-state index in [1.165, 1.54) is 6.08 Å². The summed E-state index contributed by atoms with van der Waals surface area (Å²) < 4.78 is 4.95. The summed E-state index contributed by atoms with van der Waals surface area (Å²) in [5.41, 5.74) is -0.716. The number of aliphatic carboxylic acids is 2. The molecule has 9 nitrogen and oxygen atoms in total. The van der Waals surface area contributed by atoms with Crippen molar-refractivity contribution in [3.63, 3.8) is 0 Å². The minimum Gasteiger partial charge on any atom is -0.480 e. The molecule has 2 atom stereocenters. The number of alkyl carbamates (subject to hydrolysis) is 1. The number of nitrogens with one attached hydrogen (secondary N) is 2. The van der Waals surface area contributed by atoms with Crippen molar-refractivity contribution in [2.45, 2.75) is 51.3 Å². The Balaban J connectivity index is 4.70. The Kier molecular flexibility index (Phi) is 8.38. The molecule has 0 aromatic heterocycles. The van der Waals surface area contributed by atoms with Gasteiger partial charge in [-0.3, -0.25) is 4.79 Å². The van der Waals surface area contributed by atoms with Crippen molar-refractivity contribution in [2.24, 2.45) is 0 Å². The van der Waals surface area contributed by atoms with Crippen LogP contribution in [0.15, 0.2) is 24.8 Å². The number of carbonyl (C=O) groups excluding carboxylic acids is 2. The standard InChI is InChI=1S/C16H24N2O7/c1-6-9(2)12(14(22)23)18-11(19)8-7-10(13(20)21)17-15(24)25-16(3,4)5/h6,10,12H,1-2,7-8H2,3-5H3,(H,17,24)(H,18,19)(H,20,21)(H,22,23)/t10-,12-/m0/s1. The molecule has 0 saturated carbocycles. The zero-order chi connectivity index (χ0) is 19.8. The first kappa shape index (κ1) is 22.2. The number of carbonyl (C=O) groups is 4. The number of amides is 2. The summed E-state index contributed by atoms with van der Waals surface area (Å²) in [6.07, 6.45) is -0.291. The zero-order valence-corrected chi connectivity index (χ0v) is 14.5. The lowest BCUT2D eigenvalue weighted by molar-refractivity contribution is -0.141. The normalized spacial score (nSPS) is 13.1. The van der Waals surface area contributed by atoms with Gasteiger partial charge in [-0.1, -0.05) is 19.2 Å². The van der Waals surface area contributed by atoms with E-state index in [2.05, 4.69) is 23.8 Å². The highest BCUT2D eigenvalue weighted by molar-refractivity contribution is 5.87. The third kappa shape index (κ3) is 9.14. The highest BCUT2D eigenvalue weighted by Crippen LogP contribution is 2.08. The van der Waals surface area contributed by atoms with E-state index in [1.54, 1.807) is 20.8 Å². The van der Waals surface area contributed by atoms with Crippen LogP contribution < -0.4 is 10.6 Å². The molecule has 0 aliphatic heterocycles. The SMILES string of the molecule is C=CC(=C)[C@H](NC(=O)CC[C@H](NC(=O)OC(C)(C)C)C(=O)O)C(=O)O. The smallest absolute Gasteiger partial charge is 0.408 e. The van der Waals surface area contributed by atoms with Crippen molar-refractivity contribution in [2.75, 3.05) is 0 Å². The molecular formula is C16H24N2O7. The highest BCUT2D eigenvalue weighted by Gasteiger charge is 2.26. The van der Waals surface area contributed by atoms with Gasteiger partial charge in [-0.15, -0.1) is 0 Å². The summed E-state index contributed by atoms with van der Waals surface area (Å²) in [6.45, 7) is 11.7. The van der Waals surface area contributed by atoms with E-state index in [4.69, 9.17) is 14.9 Å². The van der Waals surface area contributed by atoms with Gasteiger partial charge in [0.05, 0.1) is 0 Å². The first-order valence-corrected chi connectivity index (χ1v) is 7.43. The number of rotatable bonds is 9. The van der Waals surface area contributed by atoms with Gasteiger partial charge in [-0.05, 0) is 32.8 Å². The Bertz CT molecular complexity index is 563. The van der Waals surface area contributed by atoms with E-state index >= 15 is 0 Å². The molecule has 25 heavy (non-hydrogen) atoms. The number of hydrogen-bond acceptors (Lipinski definition) is 5. The maximum absolute atomic E-state index is 11.8. The Morgan fingerprint density at radius 2 is 1.68 bits per heavy atom. The third-order valence-electron chi connectivity index (χ3n) is 2.83. The Hall–Kier alpha value is -2.84. The van der Waals surface area contributed by atoms with Crippen molar-refractivity contribution >= 4 is 23.9 Å². The minimum absolute atomic E-state index is 0.0857. The van der Waals surface area contributed by atoms with Crippen LogP contribution in [0.4, 0.5) is 4.79 Å². The van der Waals surface area contributed by atoms with Crippen LogP contribution in [-0.2, 0) is 19.1 Å². The molecule has 0 rings (SSSR count). The van der Waals surface area contributed by atoms with Gasteiger partial charge in [0.25, 0.3) is 0 Å². The van der Waals surface area contributed by atoms with E-state index < -0.39 is 41.6 Å². The van der Waals surface area contributed by atoms with Gasteiger partial charge in [0.2, 0.25) is 5.91 Å². The molecule has 0 bridgehead atoms. The average Bonchev–Trinajstić information content (AvgIpc) is 2.45.